The van der Waals surface area contributed by atoms with Crippen molar-refractivity contribution >= 4 is 52.0 Å². The van der Waals surface area contributed by atoms with Crippen LogP contribution in [0.25, 0.3) is 0 Å². The lowest BCUT2D eigenvalue weighted by Gasteiger charge is -2.32. The van der Waals surface area contributed by atoms with Gasteiger partial charge in [0.2, 0.25) is 11.0 Å². The largest absolute Gasteiger partial charge is 0.593 e. The maximum atomic E-state index is 13.0. The number of benzene rings is 1. The number of hydrogen-bond acceptors (Lipinski definition) is 7. The summed E-state index contributed by atoms with van der Waals surface area (Å²) < 4.78 is 27.2. The van der Waals surface area contributed by atoms with E-state index in [9.17, 15) is 9.35 Å². The van der Waals surface area contributed by atoms with Gasteiger partial charge in [0.05, 0.1) is 33.7 Å². The second-order valence-electron chi connectivity index (χ2n) is 9.93. The van der Waals surface area contributed by atoms with Gasteiger partial charge in [0.1, 0.15) is 5.25 Å². The predicted octanol–water partition coefficient (Wildman–Crippen LogP) is 3.60. The molecule has 1 atom stereocenters. The summed E-state index contributed by atoms with van der Waals surface area (Å²) >= 11 is 0.262. The monoisotopic (exact) mass is 475 g/mol. The standard InChI is InChI=1S/C22H30BN3O4S2/c1-20(2,17-13-31-19(25-17)26-32(28)16-11-12-16)18(27)24-15-9-7-14(8-10-15)23-29-21(3,4)22(5,6)30-23/h7-10,13,16H,11-12H2,1-6H3,(H,24,27)(H,25,26). The molecule has 0 spiro atoms. The quantitative estimate of drug-likeness (QED) is 0.470. The van der Waals surface area contributed by atoms with E-state index in [1.54, 1.807) is 0 Å². The molecule has 0 radical (unpaired) electrons. The molecule has 1 aliphatic heterocycles. The summed E-state index contributed by atoms with van der Waals surface area (Å²) in [7, 11) is -0.441. The van der Waals surface area contributed by atoms with Crippen molar-refractivity contribution in [3.05, 3.63) is 35.3 Å². The molecule has 1 unspecified atom stereocenters. The second-order valence-corrected chi connectivity index (χ2v) is 12.2. The number of carbonyl (C=O) groups excluding carboxylic acids is 1. The summed E-state index contributed by atoms with van der Waals surface area (Å²) in [6.07, 6.45) is 1.97. The van der Waals surface area contributed by atoms with E-state index in [-0.39, 0.29) is 11.2 Å². The van der Waals surface area contributed by atoms with Crippen LogP contribution in [0.2, 0.25) is 0 Å². The molecule has 10 heteroatoms. The lowest BCUT2D eigenvalue weighted by atomic mass is 9.79. The molecule has 172 valence electrons. The van der Waals surface area contributed by atoms with E-state index in [0.29, 0.717) is 16.5 Å². The van der Waals surface area contributed by atoms with Gasteiger partial charge in [-0.1, -0.05) is 12.1 Å². The zero-order chi connectivity index (χ0) is 23.3. The maximum Gasteiger partial charge on any atom is 0.494 e. The number of rotatable bonds is 7. The molecule has 2 heterocycles. The molecular weight excluding hydrogens is 445 g/mol. The van der Waals surface area contributed by atoms with Crippen molar-refractivity contribution in [1.29, 1.82) is 0 Å². The second kappa shape index (κ2) is 8.32. The van der Waals surface area contributed by atoms with Crippen LogP contribution in [0.1, 0.15) is 60.1 Å². The summed E-state index contributed by atoms with van der Waals surface area (Å²) in [5, 5.41) is 5.62. The van der Waals surface area contributed by atoms with E-state index in [1.807, 2.05) is 71.2 Å². The Morgan fingerprint density at radius 2 is 1.78 bits per heavy atom. The number of anilines is 2. The highest BCUT2D eigenvalue weighted by Crippen LogP contribution is 2.36. The fourth-order valence-electron chi connectivity index (χ4n) is 3.17. The summed E-state index contributed by atoms with van der Waals surface area (Å²) in [5.74, 6) is -0.166. The molecule has 0 bridgehead atoms. The van der Waals surface area contributed by atoms with Crippen LogP contribution in [0, 0.1) is 0 Å². The third-order valence-electron chi connectivity index (χ3n) is 6.42. The number of carbonyl (C=O) groups is 1. The molecule has 32 heavy (non-hydrogen) atoms. The Morgan fingerprint density at radius 1 is 1.19 bits per heavy atom. The topological polar surface area (TPSA) is 95.5 Å². The van der Waals surface area contributed by atoms with E-state index in [0.717, 1.165) is 18.3 Å². The van der Waals surface area contributed by atoms with Crippen molar-refractivity contribution in [3.8, 4) is 0 Å². The van der Waals surface area contributed by atoms with Gasteiger partial charge in [-0.2, -0.15) is 4.72 Å². The molecule has 2 N–H and O–H groups in total. The summed E-state index contributed by atoms with van der Waals surface area (Å²) in [4.78, 5) is 17.5. The Balaban J connectivity index is 1.39. The van der Waals surface area contributed by atoms with Crippen LogP contribution in [0.5, 0.6) is 0 Å². The van der Waals surface area contributed by atoms with E-state index >= 15 is 0 Å². The highest BCUT2D eigenvalue weighted by atomic mass is 32.2. The zero-order valence-electron chi connectivity index (χ0n) is 19.4. The van der Waals surface area contributed by atoms with Crippen LogP contribution in [0.3, 0.4) is 0 Å². The number of nitrogens with one attached hydrogen (secondary N) is 2. The van der Waals surface area contributed by atoms with Gasteiger partial charge < -0.3 is 19.2 Å². The maximum absolute atomic E-state index is 13.0. The minimum atomic E-state index is -1.10. The lowest BCUT2D eigenvalue weighted by molar-refractivity contribution is -0.120. The van der Waals surface area contributed by atoms with Crippen LogP contribution in [-0.4, -0.2) is 39.0 Å². The summed E-state index contributed by atoms with van der Waals surface area (Å²) in [5.41, 5.74) is 0.583. The Labute approximate surface area is 197 Å². The number of amides is 1. The Morgan fingerprint density at radius 3 is 2.34 bits per heavy atom. The van der Waals surface area contributed by atoms with Gasteiger partial charge in [-0.15, -0.1) is 11.3 Å². The normalized spacial score (nSPS) is 20.8. The van der Waals surface area contributed by atoms with Crippen LogP contribution in [0.15, 0.2) is 29.6 Å². The van der Waals surface area contributed by atoms with Gasteiger partial charge in [0.15, 0.2) is 0 Å². The number of thiazole rings is 1. The van der Waals surface area contributed by atoms with Gasteiger partial charge in [0.25, 0.3) is 0 Å². The molecular formula is C22H30BN3O4S2. The zero-order valence-corrected chi connectivity index (χ0v) is 21.0. The van der Waals surface area contributed by atoms with E-state index in [2.05, 4.69) is 15.0 Å². The van der Waals surface area contributed by atoms with E-state index < -0.39 is 35.1 Å². The third kappa shape index (κ3) is 4.70. The predicted molar refractivity (Wildman–Crippen MR) is 131 cm³/mol. The average Bonchev–Trinajstić information content (AvgIpc) is 3.41. The minimum absolute atomic E-state index is 0.166. The fourth-order valence-corrected chi connectivity index (χ4v) is 5.27. The number of nitrogens with zero attached hydrogens (tertiary/aromatic N) is 1. The molecule has 2 aliphatic rings. The Bertz CT molecular complexity index is 973. The summed E-state index contributed by atoms with van der Waals surface area (Å²) in [6, 6.07) is 7.51. The molecule has 4 rings (SSSR count). The van der Waals surface area contributed by atoms with Crippen molar-refractivity contribution < 1.29 is 18.7 Å². The molecule has 7 nitrogen and oxygen atoms in total. The molecule has 1 amide bonds. The van der Waals surface area contributed by atoms with Gasteiger partial charge in [-0.25, -0.2) is 4.98 Å². The molecule has 1 saturated heterocycles. The first kappa shape index (κ1) is 23.6. The van der Waals surface area contributed by atoms with Gasteiger partial charge in [-0.05, 0) is 59.1 Å². The third-order valence-corrected chi connectivity index (χ3v) is 8.78. The highest BCUT2D eigenvalue weighted by molar-refractivity contribution is 7.93. The molecule has 1 aromatic carbocycles. The fraction of sp³-hybridized carbons (Fsp3) is 0.545. The van der Waals surface area contributed by atoms with Crippen molar-refractivity contribution in [2.75, 3.05) is 10.0 Å². The molecule has 1 saturated carbocycles. The van der Waals surface area contributed by atoms with Crippen LogP contribution >= 0.6 is 11.3 Å². The Hall–Kier alpha value is -1.59. The minimum Gasteiger partial charge on any atom is -0.593 e. The first-order valence-corrected chi connectivity index (χ1v) is 12.9. The van der Waals surface area contributed by atoms with Crippen LogP contribution in [-0.2, 0) is 30.9 Å². The molecule has 2 aromatic rings. The Kier molecular flexibility index (Phi) is 6.13. The van der Waals surface area contributed by atoms with E-state index in [4.69, 9.17) is 9.31 Å². The van der Waals surface area contributed by atoms with Crippen LogP contribution < -0.4 is 15.5 Å². The molecule has 2 fully saturated rings. The average molecular weight is 475 g/mol. The van der Waals surface area contributed by atoms with Crippen molar-refractivity contribution in [2.24, 2.45) is 0 Å². The van der Waals surface area contributed by atoms with Gasteiger partial charge in [-0.3, -0.25) is 4.79 Å². The van der Waals surface area contributed by atoms with Crippen molar-refractivity contribution in [2.45, 2.75) is 76.3 Å². The highest BCUT2D eigenvalue weighted by Gasteiger charge is 2.51. The molecule has 1 aromatic heterocycles. The SMILES string of the molecule is CC(C)(C(=O)Nc1ccc(B2OC(C)(C)C(C)(C)O2)cc1)c1csc(N[S+]([O-])C2CC2)n1. The molecule has 1 aliphatic carbocycles. The first-order chi connectivity index (χ1) is 14.9. The van der Waals surface area contributed by atoms with E-state index in [1.165, 1.54) is 11.3 Å². The van der Waals surface area contributed by atoms with Gasteiger partial charge >= 0.3 is 7.12 Å². The smallest absolute Gasteiger partial charge is 0.494 e. The summed E-state index contributed by atoms with van der Waals surface area (Å²) in [6.45, 7) is 11.7. The van der Waals surface area contributed by atoms with Crippen molar-refractivity contribution in [3.63, 3.8) is 0 Å². The number of aromatic nitrogens is 1. The van der Waals surface area contributed by atoms with Crippen molar-refractivity contribution in [1.82, 2.24) is 4.98 Å². The lowest BCUT2D eigenvalue weighted by Crippen LogP contribution is -2.41. The van der Waals surface area contributed by atoms with Crippen LogP contribution in [0.4, 0.5) is 10.8 Å². The first-order valence-electron chi connectivity index (χ1n) is 10.8. The van der Waals surface area contributed by atoms with Gasteiger partial charge in [0, 0.05) is 23.9 Å². The number of hydrogen-bond donors (Lipinski definition) is 2.